The van der Waals surface area contributed by atoms with E-state index in [0.29, 0.717) is 0 Å². The third-order valence-electron chi connectivity index (χ3n) is 2.38. The molecule has 0 saturated heterocycles. The maximum atomic E-state index is 6.16. The van der Waals surface area contributed by atoms with Gasteiger partial charge in [-0.3, -0.25) is 0 Å². The zero-order chi connectivity index (χ0) is 11.5. The normalized spacial score (nSPS) is 12.4. The van der Waals surface area contributed by atoms with Crippen LogP contribution in [0.1, 0.15) is 16.5 Å². The van der Waals surface area contributed by atoms with Crippen LogP contribution < -0.4 is 10.5 Å². The van der Waals surface area contributed by atoms with Crippen molar-refractivity contribution in [3.05, 3.63) is 51.2 Å². The molecule has 4 heteroatoms. The summed E-state index contributed by atoms with van der Waals surface area (Å²) in [5.41, 5.74) is 7.16. The zero-order valence-electron chi connectivity index (χ0n) is 8.81. The van der Waals surface area contributed by atoms with Crippen LogP contribution in [-0.2, 0) is 0 Å². The molecule has 1 aromatic heterocycles. The molecule has 0 fully saturated rings. The Morgan fingerprint density at radius 2 is 2.19 bits per heavy atom. The van der Waals surface area contributed by atoms with E-state index >= 15 is 0 Å². The average molecular weight is 254 g/mol. The van der Waals surface area contributed by atoms with E-state index in [1.165, 1.54) is 0 Å². The Morgan fingerprint density at radius 1 is 1.38 bits per heavy atom. The summed E-state index contributed by atoms with van der Waals surface area (Å²) < 4.78 is 5.17. The lowest BCUT2D eigenvalue weighted by Gasteiger charge is -2.12. The van der Waals surface area contributed by atoms with E-state index in [4.69, 9.17) is 22.1 Å². The van der Waals surface area contributed by atoms with Gasteiger partial charge < -0.3 is 10.5 Å². The molecule has 0 bridgehead atoms. The van der Waals surface area contributed by atoms with Crippen LogP contribution in [0.15, 0.2) is 35.7 Å². The fourth-order valence-corrected chi connectivity index (χ4v) is 2.72. The number of hydrogen-bond acceptors (Lipinski definition) is 3. The van der Waals surface area contributed by atoms with Crippen molar-refractivity contribution in [1.29, 1.82) is 0 Å². The molecule has 1 unspecified atom stereocenters. The monoisotopic (exact) mass is 253 g/mol. The molecule has 0 spiro atoms. The van der Waals surface area contributed by atoms with Crippen molar-refractivity contribution >= 4 is 22.9 Å². The topological polar surface area (TPSA) is 35.2 Å². The fraction of sp³-hybridized carbons (Fsp3) is 0.167. The van der Waals surface area contributed by atoms with Crippen LogP contribution in [-0.4, -0.2) is 7.11 Å². The first-order chi connectivity index (χ1) is 7.72. The van der Waals surface area contributed by atoms with E-state index in [1.807, 2.05) is 35.7 Å². The minimum absolute atomic E-state index is 0.192. The maximum Gasteiger partial charge on any atom is 0.119 e. The van der Waals surface area contributed by atoms with Crippen LogP contribution in [0.2, 0.25) is 5.02 Å². The predicted octanol–water partition coefficient (Wildman–Crippen LogP) is 3.46. The quantitative estimate of drug-likeness (QED) is 0.909. The molecule has 1 atom stereocenters. The maximum absolute atomic E-state index is 6.16. The second-order valence-electron chi connectivity index (χ2n) is 3.39. The molecule has 2 N–H and O–H groups in total. The lowest BCUT2D eigenvalue weighted by Crippen LogP contribution is -2.10. The van der Waals surface area contributed by atoms with Gasteiger partial charge in [0.15, 0.2) is 0 Å². The van der Waals surface area contributed by atoms with Crippen LogP contribution >= 0.6 is 22.9 Å². The molecule has 0 saturated carbocycles. The minimum Gasteiger partial charge on any atom is -0.497 e. The van der Waals surface area contributed by atoms with Crippen LogP contribution in [0.4, 0.5) is 0 Å². The van der Waals surface area contributed by atoms with Crippen molar-refractivity contribution < 1.29 is 4.74 Å². The molecule has 16 heavy (non-hydrogen) atoms. The van der Waals surface area contributed by atoms with Gasteiger partial charge in [0.05, 0.1) is 18.2 Å². The minimum atomic E-state index is -0.192. The number of halogens is 1. The van der Waals surface area contributed by atoms with E-state index in [-0.39, 0.29) is 6.04 Å². The molecule has 2 nitrogen and oxygen atoms in total. The predicted molar refractivity (Wildman–Crippen MR) is 68.4 cm³/mol. The molecule has 1 heterocycles. The van der Waals surface area contributed by atoms with Gasteiger partial charge in [-0.1, -0.05) is 23.7 Å². The average Bonchev–Trinajstić information content (AvgIpc) is 2.74. The molecule has 2 aromatic rings. The van der Waals surface area contributed by atoms with Gasteiger partial charge in [-0.15, -0.1) is 11.3 Å². The van der Waals surface area contributed by atoms with E-state index in [2.05, 4.69) is 0 Å². The first-order valence-corrected chi connectivity index (χ1v) is 6.10. The van der Waals surface area contributed by atoms with Crippen molar-refractivity contribution in [1.82, 2.24) is 0 Å². The highest BCUT2D eigenvalue weighted by atomic mass is 35.5. The molecular formula is C12H12ClNOS. The number of thiophene rings is 1. The van der Waals surface area contributed by atoms with Gasteiger partial charge in [-0.25, -0.2) is 0 Å². The van der Waals surface area contributed by atoms with Crippen LogP contribution in [0.25, 0.3) is 0 Å². The standard InChI is InChI=1S/C12H12ClNOS/c1-15-9-4-2-3-8(7-9)11(14)12-10(13)5-6-16-12/h2-7,11H,14H2,1H3. The third kappa shape index (κ3) is 2.21. The zero-order valence-corrected chi connectivity index (χ0v) is 10.4. The molecule has 0 aliphatic carbocycles. The fourth-order valence-electron chi connectivity index (χ4n) is 1.51. The molecule has 2 rings (SSSR count). The van der Waals surface area contributed by atoms with Crippen molar-refractivity contribution in [3.8, 4) is 5.75 Å². The number of benzene rings is 1. The number of methoxy groups -OCH3 is 1. The summed E-state index contributed by atoms with van der Waals surface area (Å²) in [6, 6.07) is 9.40. The molecule has 0 aliphatic rings. The largest absolute Gasteiger partial charge is 0.497 e. The first kappa shape index (κ1) is 11.5. The number of nitrogens with two attached hydrogens (primary N) is 1. The van der Waals surface area contributed by atoms with Crippen LogP contribution in [0, 0.1) is 0 Å². The third-order valence-corrected chi connectivity index (χ3v) is 3.82. The highest BCUT2D eigenvalue weighted by Crippen LogP contribution is 2.32. The van der Waals surface area contributed by atoms with Gasteiger partial charge in [0, 0.05) is 4.88 Å². The Morgan fingerprint density at radius 3 is 2.81 bits per heavy atom. The Balaban J connectivity index is 2.33. The number of rotatable bonds is 3. The summed E-state index contributed by atoms with van der Waals surface area (Å²) in [5, 5.41) is 2.66. The Bertz CT molecular complexity index is 483. The van der Waals surface area contributed by atoms with Crippen molar-refractivity contribution in [3.63, 3.8) is 0 Å². The van der Waals surface area contributed by atoms with E-state index in [0.717, 1.165) is 21.2 Å². The summed E-state index contributed by atoms with van der Waals surface area (Å²) in [7, 11) is 1.64. The molecule has 0 amide bonds. The summed E-state index contributed by atoms with van der Waals surface area (Å²) in [6.07, 6.45) is 0. The number of ether oxygens (including phenoxy) is 1. The molecule has 0 aliphatic heterocycles. The van der Waals surface area contributed by atoms with Crippen LogP contribution in [0.5, 0.6) is 5.75 Å². The summed E-state index contributed by atoms with van der Waals surface area (Å²) in [5.74, 6) is 0.806. The molecule has 84 valence electrons. The second-order valence-corrected chi connectivity index (χ2v) is 4.74. The molecule has 0 radical (unpaired) electrons. The van der Waals surface area contributed by atoms with E-state index in [1.54, 1.807) is 18.4 Å². The Labute approximate surface area is 104 Å². The number of hydrogen-bond donors (Lipinski definition) is 1. The first-order valence-electron chi connectivity index (χ1n) is 4.85. The van der Waals surface area contributed by atoms with Gasteiger partial charge in [0.25, 0.3) is 0 Å². The van der Waals surface area contributed by atoms with Gasteiger partial charge in [0.1, 0.15) is 5.75 Å². The summed E-state index contributed by atoms with van der Waals surface area (Å²) in [4.78, 5) is 0.981. The van der Waals surface area contributed by atoms with Gasteiger partial charge in [0.2, 0.25) is 0 Å². The second kappa shape index (κ2) is 4.87. The smallest absolute Gasteiger partial charge is 0.119 e. The van der Waals surface area contributed by atoms with E-state index < -0.39 is 0 Å². The van der Waals surface area contributed by atoms with Gasteiger partial charge in [-0.05, 0) is 29.1 Å². The highest BCUT2D eigenvalue weighted by molar-refractivity contribution is 7.10. The molecule has 1 aromatic carbocycles. The van der Waals surface area contributed by atoms with Crippen molar-refractivity contribution in [2.75, 3.05) is 7.11 Å². The van der Waals surface area contributed by atoms with Gasteiger partial charge in [-0.2, -0.15) is 0 Å². The Hall–Kier alpha value is -1.03. The Kier molecular flexibility index (Phi) is 3.49. The van der Waals surface area contributed by atoms with Crippen molar-refractivity contribution in [2.45, 2.75) is 6.04 Å². The lowest BCUT2D eigenvalue weighted by atomic mass is 10.1. The van der Waals surface area contributed by atoms with Crippen molar-refractivity contribution in [2.24, 2.45) is 5.73 Å². The highest BCUT2D eigenvalue weighted by Gasteiger charge is 2.14. The molecular weight excluding hydrogens is 242 g/mol. The van der Waals surface area contributed by atoms with Crippen LogP contribution in [0.3, 0.4) is 0 Å². The van der Waals surface area contributed by atoms with Gasteiger partial charge >= 0.3 is 0 Å². The SMILES string of the molecule is COc1cccc(C(N)c2sccc2Cl)c1. The summed E-state index contributed by atoms with van der Waals surface area (Å²) >= 11 is 7.63. The van der Waals surface area contributed by atoms with E-state index in [9.17, 15) is 0 Å². The summed E-state index contributed by atoms with van der Waals surface area (Å²) in [6.45, 7) is 0. The lowest BCUT2D eigenvalue weighted by molar-refractivity contribution is 0.414.